The van der Waals surface area contributed by atoms with Gasteiger partial charge >= 0.3 is 5.00 Å². The number of hydrogen-bond acceptors (Lipinski definition) is 4. The minimum atomic E-state index is -0.686. The molecule has 0 aliphatic rings. The summed E-state index contributed by atoms with van der Waals surface area (Å²) in [5.74, 6) is 0. The summed E-state index contributed by atoms with van der Waals surface area (Å²) in [5, 5.41) is 9.70. The first kappa shape index (κ1) is 10.6. The van der Waals surface area contributed by atoms with Gasteiger partial charge in [0.15, 0.2) is 0 Å². The fourth-order valence-corrected chi connectivity index (χ4v) is 3.06. The highest BCUT2D eigenvalue weighted by molar-refractivity contribution is 9.11. The van der Waals surface area contributed by atoms with Crippen molar-refractivity contribution < 1.29 is 9.72 Å². The largest absolute Gasteiger partial charge is 0.328 e. The minimum absolute atomic E-state index is 0.0594. The Morgan fingerprint density at radius 2 is 2.23 bits per heavy atom. The van der Waals surface area contributed by atoms with Crippen LogP contribution in [0.5, 0.6) is 0 Å². The third-order valence-corrected chi connectivity index (χ3v) is 3.54. The molecular weight excluding hydrogens is 281 g/mol. The maximum absolute atomic E-state index is 10.8. The number of rotatable bonds is 2. The lowest BCUT2D eigenvalue weighted by molar-refractivity contribution is -0.380. The minimum Gasteiger partial charge on any atom is -0.276 e. The summed E-state index contributed by atoms with van der Waals surface area (Å²) >= 11 is 9.18. The van der Waals surface area contributed by atoms with Gasteiger partial charge in [0.05, 0.1) is 19.8 Å². The SMILES string of the molecule is Cc1c([N+](=O)[O-])sc(Br)c1C(=O)Cl. The zero-order valence-electron chi connectivity index (χ0n) is 6.34. The topological polar surface area (TPSA) is 60.2 Å². The molecule has 0 fully saturated rings. The number of carbonyl (C=O) groups excluding carboxylic acids is 1. The van der Waals surface area contributed by atoms with E-state index in [1.54, 1.807) is 0 Å². The Morgan fingerprint density at radius 3 is 2.46 bits per heavy atom. The van der Waals surface area contributed by atoms with Crippen molar-refractivity contribution >= 4 is 49.1 Å². The van der Waals surface area contributed by atoms with Gasteiger partial charge in [-0.3, -0.25) is 14.9 Å². The fourth-order valence-electron chi connectivity index (χ4n) is 0.866. The Hall–Kier alpha value is -0.460. The number of hydrogen-bond donors (Lipinski definition) is 0. The third kappa shape index (κ3) is 1.90. The molecule has 4 nitrogen and oxygen atoms in total. The van der Waals surface area contributed by atoms with Crippen LogP contribution in [0.2, 0.25) is 0 Å². The number of halogens is 2. The van der Waals surface area contributed by atoms with Crippen molar-refractivity contribution in [3.05, 3.63) is 25.0 Å². The van der Waals surface area contributed by atoms with Crippen molar-refractivity contribution in [3.63, 3.8) is 0 Å². The molecule has 1 heterocycles. The Kier molecular flexibility index (Phi) is 3.05. The Bertz CT molecular complexity index is 389. The summed E-state index contributed by atoms with van der Waals surface area (Å²) in [6, 6.07) is 0. The van der Waals surface area contributed by atoms with Crippen LogP contribution in [0.25, 0.3) is 0 Å². The highest BCUT2D eigenvalue weighted by atomic mass is 79.9. The predicted octanol–water partition coefficient (Wildman–Crippen LogP) is 3.11. The van der Waals surface area contributed by atoms with Gasteiger partial charge in [0.2, 0.25) is 0 Å². The number of thiophene rings is 1. The first-order chi connectivity index (χ1) is 5.95. The van der Waals surface area contributed by atoms with E-state index in [4.69, 9.17) is 11.6 Å². The van der Waals surface area contributed by atoms with Gasteiger partial charge in [-0.05, 0) is 34.5 Å². The van der Waals surface area contributed by atoms with Crippen molar-refractivity contribution in [2.24, 2.45) is 0 Å². The number of nitrogens with zero attached hydrogens (tertiary/aromatic N) is 1. The Labute approximate surface area is 90.8 Å². The molecule has 0 aromatic carbocycles. The maximum Gasteiger partial charge on any atom is 0.328 e. The van der Waals surface area contributed by atoms with Crippen LogP contribution in [-0.4, -0.2) is 10.2 Å². The molecule has 13 heavy (non-hydrogen) atoms. The molecule has 0 aliphatic carbocycles. The zero-order valence-corrected chi connectivity index (χ0v) is 9.49. The van der Waals surface area contributed by atoms with Crippen molar-refractivity contribution in [2.45, 2.75) is 6.92 Å². The van der Waals surface area contributed by atoms with E-state index in [2.05, 4.69) is 15.9 Å². The smallest absolute Gasteiger partial charge is 0.276 e. The van der Waals surface area contributed by atoms with Crippen LogP contribution >= 0.6 is 38.9 Å². The van der Waals surface area contributed by atoms with E-state index in [0.29, 0.717) is 9.35 Å². The molecule has 1 aromatic rings. The van der Waals surface area contributed by atoms with Crippen LogP contribution < -0.4 is 0 Å². The number of carbonyl (C=O) groups is 1. The van der Waals surface area contributed by atoms with E-state index in [0.717, 1.165) is 11.3 Å². The summed E-state index contributed by atoms with van der Waals surface area (Å²) in [6.45, 7) is 1.50. The lowest BCUT2D eigenvalue weighted by atomic mass is 10.2. The quantitative estimate of drug-likeness (QED) is 0.476. The van der Waals surface area contributed by atoms with Crippen LogP contribution in [0.3, 0.4) is 0 Å². The Balaban J connectivity index is 3.39. The second-order valence-corrected chi connectivity index (χ2v) is 4.87. The van der Waals surface area contributed by atoms with Crippen LogP contribution in [0.4, 0.5) is 5.00 Å². The van der Waals surface area contributed by atoms with Crippen molar-refractivity contribution in [1.29, 1.82) is 0 Å². The van der Waals surface area contributed by atoms with Gasteiger partial charge in [-0.2, -0.15) is 0 Å². The summed E-state index contributed by atoms with van der Waals surface area (Å²) in [7, 11) is 0. The fraction of sp³-hybridized carbons (Fsp3) is 0.167. The van der Waals surface area contributed by atoms with Gasteiger partial charge in [0.25, 0.3) is 5.24 Å². The second kappa shape index (κ2) is 3.73. The second-order valence-electron chi connectivity index (χ2n) is 2.21. The molecule has 0 spiro atoms. The summed E-state index contributed by atoms with van der Waals surface area (Å²) in [5.41, 5.74) is 0.486. The first-order valence-electron chi connectivity index (χ1n) is 3.08. The molecule has 0 saturated carbocycles. The molecule has 70 valence electrons. The molecular formula is C6H3BrClNO3S. The van der Waals surface area contributed by atoms with Gasteiger partial charge in [-0.25, -0.2) is 0 Å². The summed E-state index contributed by atoms with van der Waals surface area (Å²) < 4.78 is 0.400. The molecule has 0 N–H and O–H groups in total. The van der Waals surface area contributed by atoms with Crippen LogP contribution in [0.1, 0.15) is 15.9 Å². The average Bonchev–Trinajstić information content (AvgIpc) is 2.26. The van der Waals surface area contributed by atoms with E-state index < -0.39 is 10.2 Å². The highest BCUT2D eigenvalue weighted by Crippen LogP contribution is 2.38. The van der Waals surface area contributed by atoms with Crippen molar-refractivity contribution in [2.75, 3.05) is 0 Å². The lowest BCUT2D eigenvalue weighted by Crippen LogP contribution is -1.92. The van der Waals surface area contributed by atoms with Gasteiger partial charge in [-0.1, -0.05) is 11.3 Å². The third-order valence-electron chi connectivity index (χ3n) is 1.44. The first-order valence-corrected chi connectivity index (χ1v) is 5.07. The predicted molar refractivity (Wildman–Crippen MR) is 53.6 cm³/mol. The van der Waals surface area contributed by atoms with E-state index in [1.807, 2.05) is 0 Å². The molecule has 7 heteroatoms. The Morgan fingerprint density at radius 1 is 1.69 bits per heavy atom. The molecule has 0 aliphatic heterocycles. The molecule has 0 radical (unpaired) electrons. The van der Waals surface area contributed by atoms with Gasteiger partial charge in [0, 0.05) is 0 Å². The molecule has 1 aromatic heterocycles. The van der Waals surface area contributed by atoms with E-state index in [-0.39, 0.29) is 10.6 Å². The van der Waals surface area contributed by atoms with E-state index in [1.165, 1.54) is 6.92 Å². The monoisotopic (exact) mass is 283 g/mol. The molecule has 1 rings (SSSR count). The molecule has 0 bridgehead atoms. The van der Waals surface area contributed by atoms with Crippen LogP contribution in [0.15, 0.2) is 3.79 Å². The molecule has 0 atom stereocenters. The van der Waals surface area contributed by atoms with Gasteiger partial charge < -0.3 is 0 Å². The molecule has 0 unspecified atom stereocenters. The summed E-state index contributed by atoms with van der Waals surface area (Å²) in [4.78, 5) is 20.8. The van der Waals surface area contributed by atoms with Gasteiger partial charge in [0.1, 0.15) is 0 Å². The standard InChI is InChI=1S/C6H3BrClNO3S/c1-2-3(5(8)10)4(7)13-6(2)9(11)12/h1H3. The van der Waals surface area contributed by atoms with Crippen molar-refractivity contribution in [3.8, 4) is 0 Å². The van der Waals surface area contributed by atoms with E-state index in [9.17, 15) is 14.9 Å². The van der Waals surface area contributed by atoms with Gasteiger partial charge in [-0.15, -0.1) is 0 Å². The van der Waals surface area contributed by atoms with Crippen LogP contribution in [-0.2, 0) is 0 Å². The highest BCUT2D eigenvalue weighted by Gasteiger charge is 2.24. The normalized spacial score (nSPS) is 10.1. The zero-order chi connectivity index (χ0) is 10.2. The molecule has 0 saturated heterocycles. The van der Waals surface area contributed by atoms with E-state index >= 15 is 0 Å². The maximum atomic E-state index is 10.8. The lowest BCUT2D eigenvalue weighted by Gasteiger charge is -1.90. The van der Waals surface area contributed by atoms with Crippen molar-refractivity contribution in [1.82, 2.24) is 0 Å². The summed E-state index contributed by atoms with van der Waals surface area (Å²) in [6.07, 6.45) is 0. The average molecular weight is 285 g/mol. The molecule has 0 amide bonds. The number of nitro groups is 1. The van der Waals surface area contributed by atoms with Crippen LogP contribution in [0, 0.1) is 17.0 Å².